The minimum absolute atomic E-state index is 0.111. The Balaban J connectivity index is 4.46. The molecular formula is C71H114O6. The van der Waals surface area contributed by atoms with E-state index in [-0.39, 0.29) is 37.5 Å². The largest absolute Gasteiger partial charge is 0.462 e. The minimum atomic E-state index is -0.821. The van der Waals surface area contributed by atoms with Gasteiger partial charge < -0.3 is 14.2 Å². The number of esters is 3. The fourth-order valence-electron chi connectivity index (χ4n) is 8.18. The van der Waals surface area contributed by atoms with Gasteiger partial charge in [0.15, 0.2) is 6.10 Å². The zero-order valence-corrected chi connectivity index (χ0v) is 49.7. The average molecular weight is 1060 g/mol. The van der Waals surface area contributed by atoms with Crippen molar-refractivity contribution in [1.29, 1.82) is 0 Å². The summed E-state index contributed by atoms with van der Waals surface area (Å²) in [5, 5.41) is 0. The molecule has 0 bridgehead atoms. The third kappa shape index (κ3) is 62.0. The van der Waals surface area contributed by atoms with Gasteiger partial charge in [-0.25, -0.2) is 0 Å². The first-order valence-corrected chi connectivity index (χ1v) is 31.3. The van der Waals surface area contributed by atoms with Gasteiger partial charge in [-0.15, -0.1) is 0 Å². The molecule has 1 unspecified atom stereocenters. The Morgan fingerprint density at radius 2 is 0.519 bits per heavy atom. The van der Waals surface area contributed by atoms with Gasteiger partial charge in [-0.1, -0.05) is 256 Å². The molecule has 0 saturated carbocycles. The van der Waals surface area contributed by atoms with E-state index < -0.39 is 6.10 Å². The summed E-state index contributed by atoms with van der Waals surface area (Å²) in [6.07, 6.45) is 91.3. The Labute approximate surface area is 474 Å². The standard InChI is InChI=1S/C71H114O6/c1-4-7-10-13-16-19-22-25-28-31-32-33-34-35-36-37-38-41-43-46-49-52-55-58-61-64-70(73)76-67-68(77-71(74)65-62-59-56-53-50-47-44-40-30-27-24-21-18-15-12-9-6-3)66-75-69(72)63-60-57-54-51-48-45-42-39-29-26-23-20-17-14-11-8-5-2/h7,9-10,12,16-21,25-30,32-33,35-36,44,47,53,56,68H,4-6,8,11,13-15,22-24,31,34,37-43,45-46,48-52,54-55,57-67H2,1-3H3/b10-7-,12-9-,19-16-,20-17-,21-18-,28-25-,29-26-,30-27-,33-32-,36-35-,47-44-,56-53-. The Kier molecular flexibility index (Phi) is 59.9. The average Bonchev–Trinajstić information content (AvgIpc) is 3.43. The molecule has 1 atom stereocenters. The highest BCUT2D eigenvalue weighted by atomic mass is 16.6. The van der Waals surface area contributed by atoms with Crippen LogP contribution in [0, 0.1) is 0 Å². The minimum Gasteiger partial charge on any atom is -0.462 e. The predicted octanol–water partition coefficient (Wildman–Crippen LogP) is 21.5. The van der Waals surface area contributed by atoms with Crippen molar-refractivity contribution >= 4 is 17.9 Å². The van der Waals surface area contributed by atoms with Crippen LogP contribution >= 0.6 is 0 Å². The van der Waals surface area contributed by atoms with Crippen molar-refractivity contribution in [2.24, 2.45) is 0 Å². The molecule has 0 aliphatic rings. The third-order valence-corrected chi connectivity index (χ3v) is 12.8. The van der Waals surface area contributed by atoms with Gasteiger partial charge in [-0.3, -0.25) is 14.4 Å². The van der Waals surface area contributed by atoms with E-state index in [1.807, 2.05) is 0 Å². The molecule has 0 radical (unpaired) electrons. The number of unbranched alkanes of at least 4 members (excludes halogenated alkanes) is 20. The molecule has 77 heavy (non-hydrogen) atoms. The van der Waals surface area contributed by atoms with Gasteiger partial charge >= 0.3 is 17.9 Å². The fraction of sp³-hybridized carbons (Fsp3) is 0.620. The number of carbonyl (C=O) groups is 3. The van der Waals surface area contributed by atoms with Crippen molar-refractivity contribution in [1.82, 2.24) is 0 Å². The number of allylic oxidation sites excluding steroid dienone is 24. The lowest BCUT2D eigenvalue weighted by Crippen LogP contribution is -2.30. The van der Waals surface area contributed by atoms with E-state index in [4.69, 9.17) is 14.2 Å². The van der Waals surface area contributed by atoms with Crippen molar-refractivity contribution in [3.63, 3.8) is 0 Å². The molecule has 434 valence electrons. The van der Waals surface area contributed by atoms with E-state index in [1.54, 1.807) is 0 Å². The van der Waals surface area contributed by atoms with E-state index in [2.05, 4.69) is 167 Å². The Bertz CT molecular complexity index is 1700. The third-order valence-electron chi connectivity index (χ3n) is 12.8. The van der Waals surface area contributed by atoms with Crippen LogP contribution in [0.4, 0.5) is 0 Å². The quantitative estimate of drug-likeness (QED) is 0.0261. The van der Waals surface area contributed by atoms with E-state index in [0.717, 1.165) is 128 Å². The maximum Gasteiger partial charge on any atom is 0.306 e. The van der Waals surface area contributed by atoms with E-state index >= 15 is 0 Å². The van der Waals surface area contributed by atoms with Gasteiger partial charge in [-0.2, -0.15) is 0 Å². The van der Waals surface area contributed by atoms with Crippen molar-refractivity contribution in [2.45, 2.75) is 271 Å². The topological polar surface area (TPSA) is 78.9 Å². The van der Waals surface area contributed by atoms with Crippen LogP contribution in [0.1, 0.15) is 265 Å². The summed E-state index contributed by atoms with van der Waals surface area (Å²) < 4.78 is 16.9. The number of carbonyl (C=O) groups excluding carboxylic acids is 3. The van der Waals surface area contributed by atoms with Crippen LogP contribution in [0.2, 0.25) is 0 Å². The molecule has 0 spiro atoms. The van der Waals surface area contributed by atoms with E-state index in [1.165, 1.54) is 89.9 Å². The smallest absolute Gasteiger partial charge is 0.306 e. The lowest BCUT2D eigenvalue weighted by molar-refractivity contribution is -0.167. The number of hydrogen-bond donors (Lipinski definition) is 0. The van der Waals surface area contributed by atoms with Crippen LogP contribution in [-0.2, 0) is 28.6 Å². The monoisotopic (exact) mass is 1060 g/mol. The first-order valence-electron chi connectivity index (χ1n) is 31.3. The normalized spacial score (nSPS) is 13.1. The van der Waals surface area contributed by atoms with Crippen LogP contribution in [0.25, 0.3) is 0 Å². The van der Waals surface area contributed by atoms with Crippen molar-refractivity contribution in [3.05, 3.63) is 146 Å². The molecule has 0 aliphatic heterocycles. The van der Waals surface area contributed by atoms with Crippen LogP contribution in [-0.4, -0.2) is 37.2 Å². The summed E-state index contributed by atoms with van der Waals surface area (Å²) in [7, 11) is 0. The van der Waals surface area contributed by atoms with Crippen LogP contribution in [0.5, 0.6) is 0 Å². The highest BCUT2D eigenvalue weighted by Gasteiger charge is 2.19. The summed E-state index contributed by atoms with van der Waals surface area (Å²) in [6.45, 7) is 6.33. The van der Waals surface area contributed by atoms with Gasteiger partial charge in [0, 0.05) is 19.3 Å². The Morgan fingerprint density at radius 3 is 0.831 bits per heavy atom. The summed E-state index contributed by atoms with van der Waals surface area (Å²) in [4.78, 5) is 38.3. The maximum absolute atomic E-state index is 12.9. The summed E-state index contributed by atoms with van der Waals surface area (Å²) in [5.74, 6) is -0.985. The molecule has 0 aliphatic carbocycles. The lowest BCUT2D eigenvalue weighted by Gasteiger charge is -2.18. The SMILES string of the molecule is CC/C=C\C/C=C\C/C=C\C/C=C\C/C=C\CCCCCCCCCCCC(=O)OCC(COC(=O)CCCCCCCCC/C=C\C/C=C\CCCCC)OC(=O)CCC/C=C\C/C=C\C/C=C\C/C=C\C/C=C\CC. The van der Waals surface area contributed by atoms with Crippen LogP contribution in [0.15, 0.2) is 146 Å². The second-order valence-corrected chi connectivity index (χ2v) is 20.2. The molecular weight excluding hydrogens is 949 g/mol. The molecule has 0 N–H and O–H groups in total. The summed E-state index contributed by atoms with van der Waals surface area (Å²) in [5.41, 5.74) is 0. The highest BCUT2D eigenvalue weighted by molar-refractivity contribution is 5.71. The first-order chi connectivity index (χ1) is 38.0. The number of hydrogen-bond acceptors (Lipinski definition) is 6. The first kappa shape index (κ1) is 72.3. The Morgan fingerprint density at radius 1 is 0.273 bits per heavy atom. The number of ether oxygens (including phenoxy) is 3. The summed E-state index contributed by atoms with van der Waals surface area (Å²) in [6, 6.07) is 0. The molecule has 0 aromatic heterocycles. The van der Waals surface area contributed by atoms with Crippen LogP contribution in [0.3, 0.4) is 0 Å². The van der Waals surface area contributed by atoms with E-state index in [0.29, 0.717) is 19.3 Å². The second kappa shape index (κ2) is 63.8. The van der Waals surface area contributed by atoms with Gasteiger partial charge in [0.1, 0.15) is 13.2 Å². The summed E-state index contributed by atoms with van der Waals surface area (Å²) >= 11 is 0. The van der Waals surface area contributed by atoms with Crippen molar-refractivity contribution < 1.29 is 28.6 Å². The molecule has 0 rings (SSSR count). The van der Waals surface area contributed by atoms with Crippen molar-refractivity contribution in [2.75, 3.05) is 13.2 Å². The predicted molar refractivity (Wildman–Crippen MR) is 334 cm³/mol. The molecule has 6 heteroatoms. The zero-order valence-electron chi connectivity index (χ0n) is 49.7. The molecule has 6 nitrogen and oxygen atoms in total. The molecule has 0 saturated heterocycles. The molecule has 0 aromatic rings. The number of rotatable bonds is 55. The maximum atomic E-state index is 12.9. The second-order valence-electron chi connectivity index (χ2n) is 20.2. The van der Waals surface area contributed by atoms with Gasteiger partial charge in [0.05, 0.1) is 0 Å². The van der Waals surface area contributed by atoms with Gasteiger partial charge in [-0.05, 0) is 135 Å². The lowest BCUT2D eigenvalue weighted by atomic mass is 10.1. The highest BCUT2D eigenvalue weighted by Crippen LogP contribution is 2.14. The molecule has 0 heterocycles. The van der Waals surface area contributed by atoms with Crippen molar-refractivity contribution in [3.8, 4) is 0 Å². The van der Waals surface area contributed by atoms with Crippen LogP contribution < -0.4 is 0 Å². The Hall–Kier alpha value is -4.71. The van der Waals surface area contributed by atoms with Gasteiger partial charge in [0.2, 0.25) is 0 Å². The molecule has 0 aromatic carbocycles. The molecule has 0 fully saturated rings. The zero-order chi connectivity index (χ0) is 55.7. The van der Waals surface area contributed by atoms with E-state index in [9.17, 15) is 14.4 Å². The molecule has 0 amide bonds. The van der Waals surface area contributed by atoms with Gasteiger partial charge in [0.25, 0.3) is 0 Å². The fourth-order valence-corrected chi connectivity index (χ4v) is 8.18.